The lowest BCUT2D eigenvalue weighted by atomic mass is 10.8. The lowest BCUT2D eigenvalue weighted by Crippen LogP contribution is -2.03. The number of sulfone groups is 1. The van der Waals surface area contributed by atoms with Crippen LogP contribution in [0, 0.1) is 0 Å². The molecule has 0 aromatic rings. The normalized spacial score (nSPS) is 11.7. The molecule has 0 heterocycles. The van der Waals surface area contributed by atoms with Crippen LogP contribution in [0.25, 0.3) is 5.73 Å². The minimum absolute atomic E-state index is 0.0208. The number of hydrogen-bond acceptors (Lipinski definition) is 2. The molecule has 0 aliphatic heterocycles. The third-order valence-electron chi connectivity index (χ3n) is 0.473. The molecule has 0 amide bonds. The third kappa shape index (κ3) is 5.91. The Kier molecular flexibility index (Phi) is 2.25. The Hall–Kier alpha value is -0.0900. The van der Waals surface area contributed by atoms with E-state index in [0.717, 1.165) is 6.26 Å². The van der Waals surface area contributed by atoms with Crippen molar-refractivity contribution in [1.82, 2.24) is 0 Å². The van der Waals surface area contributed by atoms with Gasteiger partial charge in [-0.2, -0.15) is 0 Å². The summed E-state index contributed by atoms with van der Waals surface area (Å²) in [7, 11) is -2.86. The van der Waals surface area contributed by atoms with Gasteiger partial charge in [-0.3, -0.25) is 0 Å². The Labute approximate surface area is 43.4 Å². The summed E-state index contributed by atoms with van der Waals surface area (Å²) in [4.78, 5) is 0. The first-order valence-corrected chi connectivity index (χ1v) is 3.94. The van der Waals surface area contributed by atoms with Gasteiger partial charge in [-0.05, 0) is 0 Å². The van der Waals surface area contributed by atoms with E-state index >= 15 is 0 Å². The van der Waals surface area contributed by atoms with E-state index in [4.69, 9.17) is 5.73 Å². The monoisotopic (exact) mass is 122 g/mol. The van der Waals surface area contributed by atoms with Crippen LogP contribution in [0.1, 0.15) is 0 Å². The third-order valence-corrected chi connectivity index (χ3v) is 1.42. The van der Waals surface area contributed by atoms with Gasteiger partial charge in [0.2, 0.25) is 0 Å². The molecule has 0 fully saturated rings. The van der Waals surface area contributed by atoms with Crippen molar-refractivity contribution in [2.75, 3.05) is 18.6 Å². The maximum atomic E-state index is 10.1. The molecule has 7 heavy (non-hydrogen) atoms. The van der Waals surface area contributed by atoms with E-state index < -0.39 is 9.84 Å². The van der Waals surface area contributed by atoms with Crippen molar-refractivity contribution in [3.8, 4) is 0 Å². The Morgan fingerprint density at radius 3 is 2.00 bits per heavy atom. The topological polar surface area (TPSA) is 57.9 Å². The number of hydrogen-bond donors (Lipinski definition) is 0. The van der Waals surface area contributed by atoms with Crippen molar-refractivity contribution in [2.45, 2.75) is 0 Å². The van der Waals surface area contributed by atoms with Crippen molar-refractivity contribution in [3.05, 3.63) is 5.73 Å². The van der Waals surface area contributed by atoms with Crippen molar-refractivity contribution in [1.29, 1.82) is 0 Å². The second-order valence-corrected chi connectivity index (χ2v) is 3.64. The summed E-state index contributed by atoms with van der Waals surface area (Å²) in [5.41, 5.74) is 6.48. The van der Waals surface area contributed by atoms with Gasteiger partial charge in [-0.25, -0.2) is 8.42 Å². The molecule has 0 rings (SSSR count). The second-order valence-electron chi connectivity index (χ2n) is 1.38. The summed E-state index contributed by atoms with van der Waals surface area (Å²) in [5.74, 6) is -0.0208. The summed E-state index contributed by atoms with van der Waals surface area (Å²) < 4.78 is 20.2. The average molecular weight is 122 g/mol. The molecule has 0 spiro atoms. The zero-order valence-electron chi connectivity index (χ0n) is 4.14. The molecule has 44 valence electrons. The van der Waals surface area contributed by atoms with Gasteiger partial charge < -0.3 is 5.73 Å². The molecule has 1 N–H and O–H groups in total. The van der Waals surface area contributed by atoms with Gasteiger partial charge in [0.25, 0.3) is 0 Å². The van der Waals surface area contributed by atoms with Crippen LogP contribution < -0.4 is 0 Å². The lowest BCUT2D eigenvalue weighted by Gasteiger charge is -1.94. The Morgan fingerprint density at radius 2 is 2.00 bits per heavy atom. The zero-order valence-corrected chi connectivity index (χ0v) is 4.96. The van der Waals surface area contributed by atoms with Crippen LogP contribution >= 0.6 is 0 Å². The average Bonchev–Trinajstić information content (AvgIpc) is 1.30. The quantitative estimate of drug-likeness (QED) is 0.521. The number of rotatable bonds is 2. The van der Waals surface area contributed by atoms with Crippen LogP contribution in [0.15, 0.2) is 0 Å². The van der Waals surface area contributed by atoms with Crippen molar-refractivity contribution >= 4 is 9.84 Å². The first kappa shape index (κ1) is 6.91. The fourth-order valence-corrected chi connectivity index (χ4v) is 0.556. The molecule has 0 atom stereocenters. The number of nitrogens with one attached hydrogen (secondary N) is 1. The highest BCUT2D eigenvalue weighted by molar-refractivity contribution is 7.90. The molecule has 3 nitrogen and oxygen atoms in total. The Balaban J connectivity index is 3.60. The fourth-order valence-electron chi connectivity index (χ4n) is 0.185. The molecule has 0 aliphatic carbocycles. The van der Waals surface area contributed by atoms with E-state index in [0.29, 0.717) is 0 Å². The maximum Gasteiger partial charge on any atom is 0.145 e. The summed E-state index contributed by atoms with van der Waals surface area (Å²) in [5, 5.41) is 0. The second kappa shape index (κ2) is 2.28. The fraction of sp³-hybridized carbons (Fsp3) is 1.00. The summed E-state index contributed by atoms with van der Waals surface area (Å²) in [6.07, 6.45) is 1.13. The SMILES string of the molecule is CS(=O)(=O)CC[NH-]. The minimum atomic E-state index is -2.86. The predicted octanol–water partition coefficient (Wildman–Crippen LogP) is 0.0832. The highest BCUT2D eigenvalue weighted by Crippen LogP contribution is 1.79. The standard InChI is InChI=1S/C3H8NO2S/c1-7(5,6)3-2-4/h4H,2-3H2,1H3/q-1. The van der Waals surface area contributed by atoms with Crippen LogP contribution in [0.4, 0.5) is 0 Å². The van der Waals surface area contributed by atoms with E-state index in [1.165, 1.54) is 0 Å². The Morgan fingerprint density at radius 1 is 1.57 bits per heavy atom. The predicted molar refractivity (Wildman–Crippen MR) is 28.9 cm³/mol. The smallest absolute Gasteiger partial charge is 0.145 e. The lowest BCUT2D eigenvalue weighted by molar-refractivity contribution is 0.602. The molecular weight excluding hydrogens is 114 g/mol. The first-order valence-electron chi connectivity index (χ1n) is 1.88. The van der Waals surface area contributed by atoms with Crippen LogP contribution in [0.5, 0.6) is 0 Å². The summed E-state index contributed by atoms with van der Waals surface area (Å²) in [6.45, 7) is -0.0289. The first-order chi connectivity index (χ1) is 3.06. The molecule has 0 saturated heterocycles. The van der Waals surface area contributed by atoms with E-state index in [2.05, 4.69) is 0 Å². The molecule has 0 aromatic heterocycles. The summed E-state index contributed by atoms with van der Waals surface area (Å²) in [6, 6.07) is 0. The van der Waals surface area contributed by atoms with Crippen molar-refractivity contribution in [2.24, 2.45) is 0 Å². The molecule has 0 radical (unpaired) electrons. The maximum absolute atomic E-state index is 10.1. The van der Waals surface area contributed by atoms with Crippen molar-refractivity contribution in [3.63, 3.8) is 0 Å². The molecule has 0 aromatic carbocycles. The van der Waals surface area contributed by atoms with Crippen LogP contribution in [-0.4, -0.2) is 27.0 Å². The van der Waals surface area contributed by atoms with E-state index in [1.54, 1.807) is 0 Å². The Bertz CT molecular complexity index is 126. The van der Waals surface area contributed by atoms with Gasteiger partial charge >= 0.3 is 0 Å². The summed E-state index contributed by atoms with van der Waals surface area (Å²) >= 11 is 0. The van der Waals surface area contributed by atoms with Gasteiger partial charge in [0.1, 0.15) is 9.84 Å². The van der Waals surface area contributed by atoms with E-state index in [9.17, 15) is 8.42 Å². The van der Waals surface area contributed by atoms with Gasteiger partial charge in [0, 0.05) is 12.0 Å². The molecule has 4 heteroatoms. The van der Waals surface area contributed by atoms with Gasteiger partial charge in [0.05, 0.1) is 0 Å². The highest BCUT2D eigenvalue weighted by atomic mass is 32.2. The van der Waals surface area contributed by atoms with E-state index in [1.807, 2.05) is 0 Å². The van der Waals surface area contributed by atoms with Crippen LogP contribution in [0.2, 0.25) is 0 Å². The molecule has 0 unspecified atom stereocenters. The molecule has 0 bridgehead atoms. The minimum Gasteiger partial charge on any atom is -0.677 e. The molecule has 0 saturated carbocycles. The molecule has 0 aliphatic rings. The van der Waals surface area contributed by atoms with Gasteiger partial charge in [-0.15, -0.1) is 6.54 Å². The van der Waals surface area contributed by atoms with E-state index in [-0.39, 0.29) is 12.3 Å². The largest absolute Gasteiger partial charge is 0.677 e. The molecular formula is C3H8NO2S-. The van der Waals surface area contributed by atoms with Crippen LogP contribution in [0.3, 0.4) is 0 Å². The highest BCUT2D eigenvalue weighted by Gasteiger charge is 1.92. The van der Waals surface area contributed by atoms with Crippen LogP contribution in [-0.2, 0) is 9.84 Å². The van der Waals surface area contributed by atoms with Gasteiger partial charge in [-0.1, -0.05) is 0 Å². The zero-order chi connectivity index (χ0) is 5.91. The van der Waals surface area contributed by atoms with Gasteiger partial charge in [0.15, 0.2) is 0 Å². The van der Waals surface area contributed by atoms with Crippen molar-refractivity contribution < 1.29 is 8.42 Å².